The van der Waals surface area contributed by atoms with Crippen LogP contribution in [0.25, 0.3) is 11.3 Å². The number of H-pyrrole nitrogens is 1. The molecule has 0 aliphatic heterocycles. The zero-order chi connectivity index (χ0) is 26.5. The molecule has 0 atom stereocenters. The second-order valence-corrected chi connectivity index (χ2v) is 8.43. The number of nitrogens with zero attached hydrogens (tertiary/aromatic N) is 2. The van der Waals surface area contributed by atoms with E-state index in [0.717, 1.165) is 17.7 Å². The molecule has 0 fully saturated rings. The molecule has 37 heavy (non-hydrogen) atoms. The third kappa shape index (κ3) is 7.73. The Kier molecular flexibility index (Phi) is 10.8. The molecule has 1 amide bonds. The van der Waals surface area contributed by atoms with E-state index in [2.05, 4.69) is 27.6 Å². The maximum Gasteiger partial charge on any atom is 0.289 e. The first kappa shape index (κ1) is 27.6. The summed E-state index contributed by atoms with van der Waals surface area (Å²) in [5, 5.41) is 11.1. The van der Waals surface area contributed by atoms with Crippen molar-refractivity contribution in [2.75, 3.05) is 27.9 Å². The number of methoxy groups -OCH3 is 3. The molecule has 3 aromatic rings. The van der Waals surface area contributed by atoms with Crippen molar-refractivity contribution < 1.29 is 23.7 Å². The van der Waals surface area contributed by atoms with Crippen LogP contribution in [0.5, 0.6) is 23.0 Å². The van der Waals surface area contributed by atoms with Crippen molar-refractivity contribution in [2.24, 2.45) is 5.10 Å². The molecular formula is C28H36N4O5. The molecule has 1 aromatic heterocycles. The minimum Gasteiger partial charge on any atom is -0.494 e. The number of rotatable bonds is 15. The van der Waals surface area contributed by atoms with Crippen LogP contribution in [0.2, 0.25) is 0 Å². The predicted molar refractivity (Wildman–Crippen MR) is 144 cm³/mol. The molecule has 0 saturated carbocycles. The smallest absolute Gasteiger partial charge is 0.289 e. The second-order valence-electron chi connectivity index (χ2n) is 8.43. The molecule has 0 unspecified atom stereocenters. The van der Waals surface area contributed by atoms with Crippen molar-refractivity contribution in [2.45, 2.75) is 45.4 Å². The molecule has 1 heterocycles. The van der Waals surface area contributed by atoms with Crippen LogP contribution < -0.4 is 24.4 Å². The van der Waals surface area contributed by atoms with Crippen LogP contribution in [0.4, 0.5) is 0 Å². The normalized spacial score (nSPS) is 10.9. The molecule has 9 nitrogen and oxygen atoms in total. The Hall–Kier alpha value is -4.01. The number of nitrogens with one attached hydrogen (secondary N) is 2. The molecule has 0 aliphatic carbocycles. The first-order valence-electron chi connectivity index (χ1n) is 12.5. The Morgan fingerprint density at radius 2 is 1.68 bits per heavy atom. The summed E-state index contributed by atoms with van der Waals surface area (Å²) >= 11 is 0. The fraction of sp³-hybridized carbons (Fsp3) is 0.393. The van der Waals surface area contributed by atoms with Crippen molar-refractivity contribution >= 4 is 12.1 Å². The summed E-state index contributed by atoms with van der Waals surface area (Å²) in [5.74, 6) is 1.82. The zero-order valence-electron chi connectivity index (χ0n) is 22.0. The van der Waals surface area contributed by atoms with E-state index < -0.39 is 5.91 Å². The summed E-state index contributed by atoms with van der Waals surface area (Å²) in [6, 6.07) is 12.9. The molecule has 0 saturated heterocycles. The minimum absolute atomic E-state index is 0.287. The van der Waals surface area contributed by atoms with E-state index >= 15 is 0 Å². The van der Waals surface area contributed by atoms with Gasteiger partial charge < -0.3 is 18.9 Å². The highest BCUT2D eigenvalue weighted by Gasteiger charge is 2.15. The number of benzene rings is 2. The van der Waals surface area contributed by atoms with Gasteiger partial charge in [-0.25, -0.2) is 5.43 Å². The quantitative estimate of drug-likeness (QED) is 0.157. The Labute approximate surface area is 218 Å². The first-order chi connectivity index (χ1) is 18.1. The van der Waals surface area contributed by atoms with Gasteiger partial charge in [-0.15, -0.1) is 0 Å². The summed E-state index contributed by atoms with van der Waals surface area (Å²) in [6.45, 7) is 2.94. The molecule has 3 rings (SSSR count). The van der Waals surface area contributed by atoms with Crippen LogP contribution in [0.3, 0.4) is 0 Å². The largest absolute Gasteiger partial charge is 0.494 e. The highest BCUT2D eigenvalue weighted by Crippen LogP contribution is 2.39. The highest BCUT2D eigenvalue weighted by molar-refractivity contribution is 5.94. The molecule has 9 heteroatoms. The Morgan fingerprint density at radius 1 is 0.946 bits per heavy atom. The van der Waals surface area contributed by atoms with Gasteiger partial charge in [0.25, 0.3) is 5.91 Å². The number of hydrogen-bond donors (Lipinski definition) is 2. The van der Waals surface area contributed by atoms with Crippen molar-refractivity contribution in [1.29, 1.82) is 0 Å². The van der Waals surface area contributed by atoms with Gasteiger partial charge in [0.05, 0.1) is 39.8 Å². The summed E-state index contributed by atoms with van der Waals surface area (Å²) in [6.07, 6.45) is 8.86. The number of unbranched alkanes of at least 4 members (excludes halogenated alkanes) is 5. The van der Waals surface area contributed by atoms with Gasteiger partial charge in [-0.2, -0.15) is 10.2 Å². The lowest BCUT2D eigenvalue weighted by Crippen LogP contribution is -2.18. The van der Waals surface area contributed by atoms with Gasteiger partial charge in [0.2, 0.25) is 5.75 Å². The second kappa shape index (κ2) is 14.5. The van der Waals surface area contributed by atoms with Crippen LogP contribution in [0.15, 0.2) is 47.6 Å². The lowest BCUT2D eigenvalue weighted by Gasteiger charge is -2.13. The van der Waals surface area contributed by atoms with Crippen LogP contribution in [-0.4, -0.2) is 50.3 Å². The van der Waals surface area contributed by atoms with Gasteiger partial charge in [0.1, 0.15) is 11.4 Å². The number of hydrogen-bond acceptors (Lipinski definition) is 7. The molecule has 0 aliphatic rings. The lowest BCUT2D eigenvalue weighted by molar-refractivity contribution is 0.0950. The summed E-state index contributed by atoms with van der Waals surface area (Å²) in [4.78, 5) is 12.5. The number of carbonyl (C=O) groups is 1. The monoisotopic (exact) mass is 508 g/mol. The van der Waals surface area contributed by atoms with E-state index in [1.54, 1.807) is 25.3 Å². The van der Waals surface area contributed by atoms with Gasteiger partial charge >= 0.3 is 0 Å². The van der Waals surface area contributed by atoms with Gasteiger partial charge in [-0.1, -0.05) is 39.0 Å². The highest BCUT2D eigenvalue weighted by atomic mass is 16.5. The summed E-state index contributed by atoms with van der Waals surface area (Å²) in [5.41, 5.74) is 4.92. The number of amides is 1. The maximum atomic E-state index is 12.5. The maximum absolute atomic E-state index is 12.5. The molecule has 0 radical (unpaired) electrons. The van der Waals surface area contributed by atoms with Gasteiger partial charge in [0, 0.05) is 11.1 Å². The molecule has 198 valence electrons. The van der Waals surface area contributed by atoms with E-state index in [1.165, 1.54) is 52.5 Å². The van der Waals surface area contributed by atoms with E-state index in [0.29, 0.717) is 35.1 Å². The zero-order valence-corrected chi connectivity index (χ0v) is 22.0. The Bertz CT molecular complexity index is 1160. The molecular weight excluding hydrogens is 472 g/mol. The van der Waals surface area contributed by atoms with E-state index in [9.17, 15) is 4.79 Å². The first-order valence-corrected chi connectivity index (χ1v) is 12.5. The lowest BCUT2D eigenvalue weighted by atomic mass is 10.1. The third-order valence-corrected chi connectivity index (χ3v) is 5.84. The third-order valence-electron chi connectivity index (χ3n) is 5.84. The van der Waals surface area contributed by atoms with Crippen molar-refractivity contribution in [1.82, 2.24) is 15.6 Å². The number of carbonyl (C=O) groups excluding carboxylic acids is 1. The Balaban J connectivity index is 1.53. The van der Waals surface area contributed by atoms with Crippen molar-refractivity contribution in [3.63, 3.8) is 0 Å². The van der Waals surface area contributed by atoms with E-state index in [-0.39, 0.29) is 5.69 Å². The number of hydrazone groups is 1. The van der Waals surface area contributed by atoms with Crippen LogP contribution in [0.1, 0.15) is 61.5 Å². The molecule has 2 N–H and O–H groups in total. The SMILES string of the molecule is CCCCCCCCOc1ccc(-c2cc(C(=O)NN=Cc3ccc(OC)c(OC)c3OC)[nH]n2)cc1. The van der Waals surface area contributed by atoms with E-state index in [4.69, 9.17) is 18.9 Å². The Morgan fingerprint density at radius 3 is 2.38 bits per heavy atom. The summed E-state index contributed by atoms with van der Waals surface area (Å²) in [7, 11) is 4.59. The van der Waals surface area contributed by atoms with Gasteiger partial charge in [-0.3, -0.25) is 9.89 Å². The van der Waals surface area contributed by atoms with Crippen LogP contribution in [-0.2, 0) is 0 Å². The molecule has 2 aromatic carbocycles. The number of aromatic nitrogens is 2. The van der Waals surface area contributed by atoms with Crippen LogP contribution >= 0.6 is 0 Å². The van der Waals surface area contributed by atoms with Crippen molar-refractivity contribution in [3.8, 4) is 34.3 Å². The summed E-state index contributed by atoms with van der Waals surface area (Å²) < 4.78 is 21.9. The molecule has 0 spiro atoms. The van der Waals surface area contributed by atoms with Gasteiger partial charge in [-0.05, 0) is 48.9 Å². The molecule has 0 bridgehead atoms. The fourth-order valence-corrected chi connectivity index (χ4v) is 3.83. The van der Waals surface area contributed by atoms with Crippen LogP contribution in [0, 0.1) is 0 Å². The van der Waals surface area contributed by atoms with E-state index in [1.807, 2.05) is 24.3 Å². The van der Waals surface area contributed by atoms with Crippen molar-refractivity contribution in [3.05, 3.63) is 53.7 Å². The fourth-order valence-electron chi connectivity index (χ4n) is 3.83. The number of aromatic amines is 1. The minimum atomic E-state index is -0.423. The average molecular weight is 509 g/mol. The standard InChI is InChI=1S/C28H36N4O5/c1-5-6-7-8-9-10-17-37-22-14-11-20(12-15-22)23-18-24(31-30-23)28(33)32-29-19-21-13-16-25(34-2)27(36-4)26(21)35-3/h11-16,18-19H,5-10,17H2,1-4H3,(H,30,31)(H,32,33). The topological polar surface area (TPSA) is 107 Å². The van der Waals surface area contributed by atoms with Gasteiger partial charge in [0.15, 0.2) is 11.5 Å². The predicted octanol–water partition coefficient (Wildman–Crippen LogP) is 5.61. The number of ether oxygens (including phenoxy) is 4. The average Bonchev–Trinajstić information content (AvgIpc) is 3.43.